The van der Waals surface area contributed by atoms with Crippen LogP contribution in [0.4, 0.5) is 11.4 Å². The molecule has 0 aromatic heterocycles. The Labute approximate surface area is 130 Å². The third-order valence-corrected chi connectivity index (χ3v) is 4.26. The molecule has 1 heterocycles. The zero-order valence-corrected chi connectivity index (χ0v) is 12.9. The van der Waals surface area contributed by atoms with Gasteiger partial charge in [-0.1, -0.05) is 11.6 Å². The molecule has 0 radical (unpaired) electrons. The maximum Gasteiger partial charge on any atom is 0.238 e. The number of nitrogens with zero attached hydrogens (tertiary/aromatic N) is 1. The molecule has 1 aromatic rings. The van der Waals surface area contributed by atoms with Gasteiger partial charge >= 0.3 is 0 Å². The van der Waals surface area contributed by atoms with E-state index in [0.717, 1.165) is 25.9 Å². The first-order chi connectivity index (χ1) is 9.95. The van der Waals surface area contributed by atoms with E-state index in [2.05, 4.69) is 10.2 Å². The highest BCUT2D eigenvalue weighted by molar-refractivity contribution is 6.34. The van der Waals surface area contributed by atoms with E-state index < -0.39 is 0 Å². The average molecular weight is 312 g/mol. The molecule has 0 spiro atoms. The average Bonchev–Trinajstić information content (AvgIpc) is 2.42. The summed E-state index contributed by atoms with van der Waals surface area (Å²) in [5.41, 5.74) is 6.77. The van der Waals surface area contributed by atoms with E-state index in [-0.39, 0.29) is 12.0 Å². The van der Waals surface area contributed by atoms with Crippen LogP contribution in [0, 0.1) is 5.92 Å². The molecule has 5 nitrogen and oxygen atoms in total. The van der Waals surface area contributed by atoms with E-state index in [9.17, 15) is 9.90 Å². The first kappa shape index (κ1) is 16.1. The van der Waals surface area contributed by atoms with Crippen LogP contribution in [0.3, 0.4) is 0 Å². The summed E-state index contributed by atoms with van der Waals surface area (Å²) < 4.78 is 0. The van der Waals surface area contributed by atoms with E-state index in [1.165, 1.54) is 0 Å². The number of carbonyl (C=O) groups is 1. The number of nitrogens with two attached hydrogens (primary N) is 1. The predicted octanol–water partition coefficient (Wildman–Crippen LogP) is 1.95. The van der Waals surface area contributed by atoms with Gasteiger partial charge in [0.2, 0.25) is 5.91 Å². The standard InChI is InChI=1S/C15H22ClN3O2/c1-10(20)11-4-6-19(7-5-11)9-15(21)18-14-3-2-12(17)8-13(14)16/h2-3,8,10-11,20H,4-7,9,17H2,1H3,(H,18,21). The Morgan fingerprint density at radius 3 is 2.76 bits per heavy atom. The van der Waals surface area contributed by atoms with Crippen LogP contribution in [-0.4, -0.2) is 41.7 Å². The topological polar surface area (TPSA) is 78.6 Å². The van der Waals surface area contributed by atoms with Gasteiger partial charge in [0, 0.05) is 5.69 Å². The Kier molecular flexibility index (Phi) is 5.45. The first-order valence-electron chi connectivity index (χ1n) is 7.21. The molecule has 1 aromatic carbocycles. The number of nitrogens with one attached hydrogen (secondary N) is 1. The smallest absolute Gasteiger partial charge is 0.238 e. The summed E-state index contributed by atoms with van der Waals surface area (Å²) in [7, 11) is 0. The summed E-state index contributed by atoms with van der Waals surface area (Å²) in [5, 5.41) is 12.8. The lowest BCUT2D eigenvalue weighted by Crippen LogP contribution is -2.41. The third kappa shape index (κ3) is 4.59. The van der Waals surface area contributed by atoms with Crippen molar-refractivity contribution in [3.05, 3.63) is 23.2 Å². The number of aliphatic hydroxyl groups excluding tert-OH is 1. The summed E-state index contributed by atoms with van der Waals surface area (Å²) in [6.45, 7) is 3.83. The van der Waals surface area contributed by atoms with E-state index >= 15 is 0 Å². The van der Waals surface area contributed by atoms with Crippen LogP contribution in [-0.2, 0) is 4.79 Å². The number of anilines is 2. The van der Waals surface area contributed by atoms with Gasteiger partial charge in [-0.3, -0.25) is 9.69 Å². The van der Waals surface area contributed by atoms with Crippen molar-refractivity contribution in [3.8, 4) is 0 Å². The van der Waals surface area contributed by atoms with E-state index in [0.29, 0.717) is 28.9 Å². The number of piperidine rings is 1. The van der Waals surface area contributed by atoms with Crippen molar-refractivity contribution < 1.29 is 9.90 Å². The zero-order valence-electron chi connectivity index (χ0n) is 12.2. The molecule has 1 amide bonds. The fourth-order valence-electron chi connectivity index (χ4n) is 2.62. The quantitative estimate of drug-likeness (QED) is 0.743. The molecular formula is C15H22ClN3O2. The fraction of sp³-hybridized carbons (Fsp3) is 0.533. The molecule has 1 fully saturated rings. The van der Waals surface area contributed by atoms with Crippen LogP contribution in [0.15, 0.2) is 18.2 Å². The summed E-state index contributed by atoms with van der Waals surface area (Å²) in [6.07, 6.45) is 1.58. The number of hydrogen-bond donors (Lipinski definition) is 3. The van der Waals surface area contributed by atoms with Gasteiger partial charge < -0.3 is 16.2 Å². The Bertz CT molecular complexity index is 500. The van der Waals surface area contributed by atoms with Gasteiger partial charge in [0.1, 0.15) is 0 Å². The molecule has 6 heteroatoms. The summed E-state index contributed by atoms with van der Waals surface area (Å²) in [6, 6.07) is 5.02. The largest absolute Gasteiger partial charge is 0.399 e. The molecule has 4 N–H and O–H groups in total. The second-order valence-corrected chi connectivity index (χ2v) is 6.05. The van der Waals surface area contributed by atoms with Gasteiger partial charge in [0.25, 0.3) is 0 Å². The van der Waals surface area contributed by atoms with E-state index in [1.54, 1.807) is 18.2 Å². The molecule has 0 saturated carbocycles. The molecule has 116 valence electrons. The van der Waals surface area contributed by atoms with Crippen molar-refractivity contribution >= 4 is 28.9 Å². The van der Waals surface area contributed by atoms with Crippen molar-refractivity contribution in [1.82, 2.24) is 4.90 Å². The highest BCUT2D eigenvalue weighted by atomic mass is 35.5. The van der Waals surface area contributed by atoms with Gasteiger partial charge in [0.05, 0.1) is 23.4 Å². The lowest BCUT2D eigenvalue weighted by Gasteiger charge is -2.32. The number of likely N-dealkylation sites (tertiary alicyclic amines) is 1. The van der Waals surface area contributed by atoms with Gasteiger partial charge in [-0.2, -0.15) is 0 Å². The van der Waals surface area contributed by atoms with Crippen LogP contribution < -0.4 is 11.1 Å². The second-order valence-electron chi connectivity index (χ2n) is 5.64. The minimum atomic E-state index is -0.269. The molecule has 0 bridgehead atoms. The summed E-state index contributed by atoms with van der Waals surface area (Å²) in [4.78, 5) is 14.1. The lowest BCUT2D eigenvalue weighted by molar-refractivity contribution is -0.117. The summed E-state index contributed by atoms with van der Waals surface area (Å²) in [5.74, 6) is 0.257. The number of aliphatic hydroxyl groups is 1. The molecule has 0 aliphatic carbocycles. The van der Waals surface area contributed by atoms with E-state index in [4.69, 9.17) is 17.3 Å². The Hall–Kier alpha value is -1.30. The van der Waals surface area contributed by atoms with Crippen molar-refractivity contribution in [1.29, 1.82) is 0 Å². The number of nitrogen functional groups attached to an aromatic ring is 1. The minimum absolute atomic E-state index is 0.0860. The minimum Gasteiger partial charge on any atom is -0.399 e. The lowest BCUT2D eigenvalue weighted by atomic mass is 9.92. The Balaban J connectivity index is 1.83. The molecule has 2 rings (SSSR count). The van der Waals surface area contributed by atoms with Crippen molar-refractivity contribution in [3.63, 3.8) is 0 Å². The van der Waals surface area contributed by atoms with Crippen LogP contribution >= 0.6 is 11.6 Å². The SMILES string of the molecule is CC(O)C1CCN(CC(=O)Nc2ccc(N)cc2Cl)CC1. The van der Waals surface area contributed by atoms with Gasteiger partial charge in [-0.25, -0.2) is 0 Å². The fourth-order valence-corrected chi connectivity index (χ4v) is 2.86. The maximum absolute atomic E-state index is 12.0. The van der Waals surface area contributed by atoms with E-state index in [1.807, 2.05) is 6.92 Å². The van der Waals surface area contributed by atoms with Crippen molar-refractivity contribution in [2.75, 3.05) is 30.7 Å². The Morgan fingerprint density at radius 2 is 2.19 bits per heavy atom. The zero-order chi connectivity index (χ0) is 15.4. The van der Waals surface area contributed by atoms with Crippen molar-refractivity contribution in [2.45, 2.75) is 25.9 Å². The molecule has 1 aliphatic heterocycles. The molecule has 1 unspecified atom stereocenters. The number of carbonyl (C=O) groups excluding carboxylic acids is 1. The van der Waals surface area contributed by atoms with Crippen molar-refractivity contribution in [2.24, 2.45) is 5.92 Å². The normalized spacial score (nSPS) is 18.4. The highest BCUT2D eigenvalue weighted by Crippen LogP contribution is 2.24. The van der Waals surface area contributed by atoms with Crippen LogP contribution in [0.5, 0.6) is 0 Å². The van der Waals surface area contributed by atoms with Gasteiger partial charge in [0.15, 0.2) is 0 Å². The Morgan fingerprint density at radius 1 is 1.52 bits per heavy atom. The van der Waals surface area contributed by atoms with Crippen LogP contribution in [0.1, 0.15) is 19.8 Å². The third-order valence-electron chi connectivity index (χ3n) is 3.95. The van der Waals surface area contributed by atoms with Gasteiger partial charge in [-0.05, 0) is 57.0 Å². The maximum atomic E-state index is 12.0. The first-order valence-corrected chi connectivity index (χ1v) is 7.59. The number of hydrogen-bond acceptors (Lipinski definition) is 4. The molecule has 1 saturated heterocycles. The molecule has 1 atom stereocenters. The second kappa shape index (κ2) is 7.11. The molecular weight excluding hydrogens is 290 g/mol. The van der Waals surface area contributed by atoms with Crippen LogP contribution in [0.25, 0.3) is 0 Å². The number of halogens is 1. The number of rotatable bonds is 4. The summed E-state index contributed by atoms with van der Waals surface area (Å²) >= 11 is 6.03. The number of benzene rings is 1. The molecule has 1 aliphatic rings. The van der Waals surface area contributed by atoms with Crippen LogP contribution in [0.2, 0.25) is 5.02 Å². The molecule has 21 heavy (non-hydrogen) atoms. The van der Waals surface area contributed by atoms with Gasteiger partial charge in [-0.15, -0.1) is 0 Å². The number of amides is 1. The predicted molar refractivity (Wildman–Crippen MR) is 85.3 cm³/mol. The highest BCUT2D eigenvalue weighted by Gasteiger charge is 2.23. The monoisotopic (exact) mass is 311 g/mol.